The number of aliphatic carboxylic acids is 1. The van der Waals surface area contributed by atoms with E-state index in [2.05, 4.69) is 89.5 Å². The second-order valence-corrected chi connectivity index (χ2v) is 11.1. The third-order valence-electron chi connectivity index (χ3n) is 7.72. The SMILES string of the molecule is CC(C)(Oc1ccc(CCCc2cc3cc4ccccc4cc3n2Cc2ccc3ccccc3c2)cc1)C(=O)O. The second kappa shape index (κ2) is 10.5. The molecular formula is C36H33NO3. The lowest BCUT2D eigenvalue weighted by atomic mass is 10.1. The molecule has 0 saturated heterocycles. The normalized spacial score (nSPS) is 11.8. The largest absolute Gasteiger partial charge is 0.478 e. The quantitative estimate of drug-likeness (QED) is 0.205. The smallest absolute Gasteiger partial charge is 0.347 e. The van der Waals surface area contributed by atoms with Gasteiger partial charge in [-0.25, -0.2) is 4.79 Å². The molecule has 200 valence electrons. The number of carboxylic acid groups (broad SMARTS) is 1. The van der Waals surface area contributed by atoms with Gasteiger partial charge in [-0.1, -0.05) is 72.8 Å². The first-order chi connectivity index (χ1) is 19.4. The second-order valence-electron chi connectivity index (χ2n) is 11.1. The number of carbonyl (C=O) groups is 1. The molecule has 0 radical (unpaired) electrons. The van der Waals surface area contributed by atoms with E-state index < -0.39 is 11.6 Å². The van der Waals surface area contributed by atoms with Gasteiger partial charge in [-0.05, 0) is 102 Å². The molecule has 0 atom stereocenters. The van der Waals surface area contributed by atoms with Crippen LogP contribution in [0.4, 0.5) is 0 Å². The summed E-state index contributed by atoms with van der Waals surface area (Å²) in [5.74, 6) is -0.415. The average Bonchev–Trinajstić information content (AvgIpc) is 3.28. The van der Waals surface area contributed by atoms with Crippen LogP contribution < -0.4 is 4.74 Å². The highest BCUT2D eigenvalue weighted by molar-refractivity contribution is 5.97. The molecule has 0 aliphatic rings. The van der Waals surface area contributed by atoms with Crippen molar-refractivity contribution in [3.8, 4) is 5.75 Å². The van der Waals surface area contributed by atoms with Crippen molar-refractivity contribution in [2.75, 3.05) is 0 Å². The lowest BCUT2D eigenvalue weighted by Crippen LogP contribution is -2.37. The number of ether oxygens (including phenoxy) is 1. The molecular weight excluding hydrogens is 494 g/mol. The third kappa shape index (κ3) is 5.30. The Labute approximate surface area is 234 Å². The molecule has 0 unspecified atom stereocenters. The maximum Gasteiger partial charge on any atom is 0.347 e. The van der Waals surface area contributed by atoms with Crippen molar-refractivity contribution >= 4 is 38.4 Å². The van der Waals surface area contributed by atoms with Gasteiger partial charge >= 0.3 is 5.97 Å². The molecule has 40 heavy (non-hydrogen) atoms. The highest BCUT2D eigenvalue weighted by atomic mass is 16.5. The van der Waals surface area contributed by atoms with Crippen LogP contribution >= 0.6 is 0 Å². The fraction of sp³-hybridized carbons (Fsp3) is 0.194. The number of aryl methyl sites for hydroxylation is 2. The number of aromatic nitrogens is 1. The molecule has 0 spiro atoms. The minimum atomic E-state index is -1.26. The summed E-state index contributed by atoms with van der Waals surface area (Å²) in [6.45, 7) is 3.94. The Kier molecular flexibility index (Phi) is 6.77. The zero-order valence-corrected chi connectivity index (χ0v) is 22.9. The summed E-state index contributed by atoms with van der Waals surface area (Å²) in [4.78, 5) is 11.4. The van der Waals surface area contributed by atoms with Crippen LogP contribution in [0.25, 0.3) is 32.4 Å². The molecule has 0 amide bonds. The van der Waals surface area contributed by atoms with Gasteiger partial charge < -0.3 is 14.4 Å². The maximum atomic E-state index is 11.4. The first-order valence-corrected chi connectivity index (χ1v) is 13.9. The minimum absolute atomic E-state index is 0.568. The van der Waals surface area contributed by atoms with E-state index in [0.29, 0.717) is 5.75 Å². The number of hydrogen-bond donors (Lipinski definition) is 1. The molecule has 5 aromatic carbocycles. The van der Waals surface area contributed by atoms with Crippen LogP contribution in [0.5, 0.6) is 5.75 Å². The van der Waals surface area contributed by atoms with Gasteiger partial charge in [-0.3, -0.25) is 0 Å². The predicted octanol–water partition coefficient (Wildman–Crippen LogP) is 8.41. The van der Waals surface area contributed by atoms with Gasteiger partial charge in [0.2, 0.25) is 0 Å². The van der Waals surface area contributed by atoms with E-state index >= 15 is 0 Å². The maximum absolute atomic E-state index is 11.4. The zero-order valence-electron chi connectivity index (χ0n) is 22.9. The van der Waals surface area contributed by atoms with E-state index in [1.165, 1.54) is 49.3 Å². The predicted molar refractivity (Wildman–Crippen MR) is 163 cm³/mol. The van der Waals surface area contributed by atoms with Crippen molar-refractivity contribution in [2.45, 2.75) is 45.3 Å². The van der Waals surface area contributed by atoms with Gasteiger partial charge in [0.1, 0.15) is 5.75 Å². The van der Waals surface area contributed by atoms with Crippen molar-refractivity contribution in [1.82, 2.24) is 4.57 Å². The molecule has 0 aliphatic heterocycles. The van der Waals surface area contributed by atoms with Gasteiger partial charge in [0, 0.05) is 23.1 Å². The van der Waals surface area contributed by atoms with E-state index in [1.54, 1.807) is 13.8 Å². The monoisotopic (exact) mass is 527 g/mol. The van der Waals surface area contributed by atoms with Gasteiger partial charge in [0.15, 0.2) is 5.60 Å². The lowest BCUT2D eigenvalue weighted by molar-refractivity contribution is -0.152. The van der Waals surface area contributed by atoms with E-state index in [4.69, 9.17) is 4.74 Å². The summed E-state index contributed by atoms with van der Waals surface area (Å²) >= 11 is 0. The van der Waals surface area contributed by atoms with Gasteiger partial charge in [0.05, 0.1) is 0 Å². The molecule has 6 aromatic rings. The fourth-order valence-corrected chi connectivity index (χ4v) is 5.46. The number of benzene rings is 5. The number of rotatable bonds is 9. The summed E-state index contributed by atoms with van der Waals surface area (Å²) in [7, 11) is 0. The summed E-state index contributed by atoms with van der Waals surface area (Å²) < 4.78 is 8.14. The van der Waals surface area contributed by atoms with Gasteiger partial charge in [-0.15, -0.1) is 0 Å². The Morgan fingerprint density at radius 1 is 0.700 bits per heavy atom. The van der Waals surface area contributed by atoms with Crippen molar-refractivity contribution in [2.24, 2.45) is 0 Å². The average molecular weight is 528 g/mol. The fourth-order valence-electron chi connectivity index (χ4n) is 5.46. The van der Waals surface area contributed by atoms with E-state index in [-0.39, 0.29) is 0 Å². The van der Waals surface area contributed by atoms with Crippen LogP contribution in [-0.2, 0) is 24.2 Å². The van der Waals surface area contributed by atoms with E-state index in [1.807, 2.05) is 24.3 Å². The molecule has 6 rings (SSSR count). The van der Waals surface area contributed by atoms with Crippen LogP contribution in [0.15, 0.2) is 109 Å². The Bertz CT molecular complexity index is 1830. The standard InChI is InChI=1S/C36H33NO3/c1-36(2,35(38)39)40-33-18-15-25(16-19-33)8-7-13-32-22-31-21-29-11-5-6-12-30(29)23-34(31)37(32)24-26-14-17-27-9-3-4-10-28(27)20-26/h3-6,9-12,14-23H,7-8,13,24H2,1-2H3,(H,38,39). The van der Waals surface area contributed by atoms with Crippen LogP contribution in [0.1, 0.15) is 37.1 Å². The number of nitrogens with zero attached hydrogens (tertiary/aromatic N) is 1. The van der Waals surface area contributed by atoms with Crippen LogP contribution in [0.3, 0.4) is 0 Å². The van der Waals surface area contributed by atoms with Crippen molar-refractivity contribution < 1.29 is 14.6 Å². The Morgan fingerprint density at radius 3 is 2.02 bits per heavy atom. The minimum Gasteiger partial charge on any atom is -0.478 e. The van der Waals surface area contributed by atoms with Crippen LogP contribution in [0.2, 0.25) is 0 Å². The zero-order chi connectivity index (χ0) is 27.7. The molecule has 0 aliphatic carbocycles. The lowest BCUT2D eigenvalue weighted by Gasteiger charge is -2.21. The van der Waals surface area contributed by atoms with E-state index in [9.17, 15) is 9.90 Å². The molecule has 1 N–H and O–H groups in total. The Morgan fingerprint density at radius 2 is 1.32 bits per heavy atom. The van der Waals surface area contributed by atoms with Crippen molar-refractivity contribution in [1.29, 1.82) is 0 Å². The van der Waals surface area contributed by atoms with Crippen molar-refractivity contribution in [3.05, 3.63) is 126 Å². The first kappa shape index (κ1) is 25.7. The molecule has 4 heteroatoms. The molecule has 1 heterocycles. The molecule has 0 fully saturated rings. The van der Waals surface area contributed by atoms with Crippen LogP contribution in [-0.4, -0.2) is 21.2 Å². The molecule has 0 saturated carbocycles. The van der Waals surface area contributed by atoms with Gasteiger partial charge in [-0.2, -0.15) is 0 Å². The molecule has 0 bridgehead atoms. The third-order valence-corrected chi connectivity index (χ3v) is 7.72. The van der Waals surface area contributed by atoms with E-state index in [0.717, 1.165) is 25.8 Å². The summed E-state index contributed by atoms with van der Waals surface area (Å²) in [5, 5.41) is 15.6. The number of fused-ring (bicyclic) bond motifs is 3. The Balaban J connectivity index is 1.25. The number of hydrogen-bond acceptors (Lipinski definition) is 2. The topological polar surface area (TPSA) is 51.5 Å². The highest BCUT2D eigenvalue weighted by Crippen LogP contribution is 2.29. The first-order valence-electron chi connectivity index (χ1n) is 13.9. The number of carboxylic acids is 1. The summed E-state index contributed by atoms with van der Waals surface area (Å²) in [6, 6.07) is 38.6. The van der Waals surface area contributed by atoms with Gasteiger partial charge in [0.25, 0.3) is 0 Å². The molecule has 1 aromatic heterocycles. The highest BCUT2D eigenvalue weighted by Gasteiger charge is 2.29. The molecule has 4 nitrogen and oxygen atoms in total. The Hall–Kier alpha value is -4.57. The summed E-state index contributed by atoms with van der Waals surface area (Å²) in [6.07, 6.45) is 2.90. The van der Waals surface area contributed by atoms with Crippen LogP contribution in [0, 0.1) is 0 Å². The summed E-state index contributed by atoms with van der Waals surface area (Å²) in [5.41, 5.74) is 3.85. The van der Waals surface area contributed by atoms with Crippen molar-refractivity contribution in [3.63, 3.8) is 0 Å².